The predicted octanol–water partition coefficient (Wildman–Crippen LogP) is 2.62. The van der Waals surface area contributed by atoms with Crippen LogP contribution in [0, 0.1) is 6.92 Å². The second-order valence-electron chi connectivity index (χ2n) is 8.99. The number of hydrogen-bond donors (Lipinski definition) is 1. The predicted molar refractivity (Wildman–Crippen MR) is 126 cm³/mol. The lowest BCUT2D eigenvalue weighted by molar-refractivity contribution is -0.140. The van der Waals surface area contributed by atoms with E-state index in [1.165, 1.54) is 23.1 Å². The van der Waals surface area contributed by atoms with E-state index >= 15 is 0 Å². The summed E-state index contributed by atoms with van der Waals surface area (Å²) in [6.07, 6.45) is 3.92. The Balaban J connectivity index is 1.57. The molecule has 34 heavy (non-hydrogen) atoms. The van der Waals surface area contributed by atoms with Crippen molar-refractivity contribution in [1.29, 1.82) is 0 Å². The molecule has 0 unspecified atom stereocenters. The standard InChI is InChI=1S/C25H29N3O5S/c1-17-11-13-19(14-12-17)15-27(18(2)24(30)26-20-7-3-4-8-20)23(29)16-28-25(31)21-9-5-6-10-22(21)34(28,32)33/h5-6,9-14,18,20H,3-4,7-8,15-16H2,1-2H3,(H,26,30)/t18-/m1/s1. The molecule has 0 aromatic heterocycles. The number of rotatable bonds is 7. The van der Waals surface area contributed by atoms with Gasteiger partial charge in [0.1, 0.15) is 17.5 Å². The van der Waals surface area contributed by atoms with Crippen LogP contribution < -0.4 is 5.32 Å². The van der Waals surface area contributed by atoms with Gasteiger partial charge in [-0.05, 0) is 44.4 Å². The number of benzene rings is 2. The Morgan fingerprint density at radius 1 is 1.09 bits per heavy atom. The Kier molecular flexibility index (Phi) is 6.74. The summed E-state index contributed by atoms with van der Waals surface area (Å²) in [7, 11) is -4.13. The van der Waals surface area contributed by atoms with Crippen LogP contribution in [0.15, 0.2) is 53.4 Å². The van der Waals surface area contributed by atoms with Crippen LogP contribution in [-0.2, 0) is 26.2 Å². The number of hydrogen-bond acceptors (Lipinski definition) is 5. The highest BCUT2D eigenvalue weighted by atomic mass is 32.2. The molecule has 1 N–H and O–H groups in total. The second-order valence-corrected chi connectivity index (χ2v) is 10.8. The van der Waals surface area contributed by atoms with E-state index in [2.05, 4.69) is 5.32 Å². The molecule has 9 heteroatoms. The first-order valence-electron chi connectivity index (χ1n) is 11.5. The molecular weight excluding hydrogens is 454 g/mol. The Morgan fingerprint density at radius 2 is 1.74 bits per heavy atom. The lowest BCUT2D eigenvalue weighted by Gasteiger charge is -2.31. The number of sulfonamides is 1. The summed E-state index contributed by atoms with van der Waals surface area (Å²) in [4.78, 5) is 40.5. The van der Waals surface area contributed by atoms with Gasteiger partial charge in [-0.1, -0.05) is 54.8 Å². The van der Waals surface area contributed by atoms with Crippen LogP contribution in [0.5, 0.6) is 0 Å². The van der Waals surface area contributed by atoms with E-state index in [0.717, 1.165) is 36.8 Å². The molecule has 1 heterocycles. The van der Waals surface area contributed by atoms with Crippen LogP contribution in [0.4, 0.5) is 0 Å². The summed E-state index contributed by atoms with van der Waals surface area (Å²) in [6, 6.07) is 12.7. The maximum Gasteiger partial charge on any atom is 0.269 e. The number of nitrogens with zero attached hydrogens (tertiary/aromatic N) is 2. The number of nitrogens with one attached hydrogen (secondary N) is 1. The van der Waals surface area contributed by atoms with Crippen LogP contribution >= 0.6 is 0 Å². The SMILES string of the molecule is Cc1ccc(CN(C(=O)CN2C(=O)c3ccccc3S2(=O)=O)[C@H](C)C(=O)NC2CCCC2)cc1. The minimum absolute atomic E-state index is 0.0485. The Bertz CT molecular complexity index is 1200. The second kappa shape index (κ2) is 9.58. The zero-order valence-electron chi connectivity index (χ0n) is 19.4. The molecule has 0 bridgehead atoms. The van der Waals surface area contributed by atoms with Gasteiger partial charge in [0.25, 0.3) is 15.9 Å². The molecule has 2 aromatic rings. The first kappa shape index (κ1) is 23.9. The van der Waals surface area contributed by atoms with E-state index in [0.29, 0.717) is 4.31 Å². The Hall–Kier alpha value is -3.20. The number of carbonyl (C=O) groups excluding carboxylic acids is 3. The summed E-state index contributed by atoms with van der Waals surface area (Å²) >= 11 is 0. The van der Waals surface area contributed by atoms with E-state index in [1.54, 1.807) is 13.0 Å². The van der Waals surface area contributed by atoms with Gasteiger partial charge in [-0.2, -0.15) is 0 Å². The lowest BCUT2D eigenvalue weighted by Crippen LogP contribution is -2.52. The quantitative estimate of drug-likeness (QED) is 0.652. The monoisotopic (exact) mass is 483 g/mol. The van der Waals surface area contributed by atoms with Gasteiger partial charge in [0, 0.05) is 12.6 Å². The van der Waals surface area contributed by atoms with Gasteiger partial charge < -0.3 is 10.2 Å². The Morgan fingerprint density at radius 3 is 2.38 bits per heavy atom. The van der Waals surface area contributed by atoms with E-state index in [9.17, 15) is 22.8 Å². The van der Waals surface area contributed by atoms with Crippen molar-refractivity contribution < 1.29 is 22.8 Å². The minimum atomic E-state index is -4.13. The molecule has 2 aromatic carbocycles. The fraction of sp³-hybridized carbons (Fsp3) is 0.400. The molecule has 1 saturated carbocycles. The largest absolute Gasteiger partial charge is 0.352 e. The smallest absolute Gasteiger partial charge is 0.269 e. The molecule has 0 saturated heterocycles. The van der Waals surface area contributed by atoms with Gasteiger partial charge in [-0.3, -0.25) is 14.4 Å². The number of carbonyl (C=O) groups is 3. The highest BCUT2D eigenvalue weighted by Gasteiger charge is 2.43. The van der Waals surface area contributed by atoms with Gasteiger partial charge in [0.2, 0.25) is 11.8 Å². The highest BCUT2D eigenvalue weighted by molar-refractivity contribution is 7.90. The zero-order valence-corrected chi connectivity index (χ0v) is 20.2. The molecule has 1 aliphatic carbocycles. The van der Waals surface area contributed by atoms with Crippen LogP contribution in [0.3, 0.4) is 0 Å². The van der Waals surface area contributed by atoms with Crippen molar-refractivity contribution in [1.82, 2.24) is 14.5 Å². The van der Waals surface area contributed by atoms with E-state index in [1.807, 2.05) is 31.2 Å². The van der Waals surface area contributed by atoms with Crippen LogP contribution in [-0.4, -0.2) is 54.0 Å². The Labute approximate surface area is 200 Å². The average Bonchev–Trinajstić information content (AvgIpc) is 3.39. The van der Waals surface area contributed by atoms with Crippen molar-refractivity contribution in [2.24, 2.45) is 0 Å². The van der Waals surface area contributed by atoms with Gasteiger partial charge in [0.05, 0.1) is 5.56 Å². The summed E-state index contributed by atoms with van der Waals surface area (Å²) < 4.78 is 26.5. The lowest BCUT2D eigenvalue weighted by atomic mass is 10.1. The van der Waals surface area contributed by atoms with Gasteiger partial charge >= 0.3 is 0 Å². The molecule has 4 rings (SSSR count). The summed E-state index contributed by atoms with van der Waals surface area (Å²) in [6.45, 7) is 3.04. The first-order chi connectivity index (χ1) is 16.2. The van der Waals surface area contributed by atoms with Gasteiger partial charge in [-0.15, -0.1) is 0 Å². The maximum absolute atomic E-state index is 13.4. The molecular formula is C25H29N3O5S. The van der Waals surface area contributed by atoms with Crippen molar-refractivity contribution >= 4 is 27.7 Å². The van der Waals surface area contributed by atoms with Crippen molar-refractivity contribution in [2.45, 2.75) is 63.1 Å². The highest BCUT2D eigenvalue weighted by Crippen LogP contribution is 2.30. The third kappa shape index (κ3) is 4.70. The number of amides is 3. The zero-order chi connectivity index (χ0) is 24.5. The van der Waals surface area contributed by atoms with Crippen LogP contribution in [0.25, 0.3) is 0 Å². The minimum Gasteiger partial charge on any atom is -0.352 e. The molecule has 1 aliphatic heterocycles. The fourth-order valence-electron chi connectivity index (χ4n) is 4.47. The number of aryl methyl sites for hydroxylation is 1. The van der Waals surface area contributed by atoms with Crippen molar-refractivity contribution in [3.8, 4) is 0 Å². The third-order valence-corrected chi connectivity index (χ3v) is 8.32. The van der Waals surface area contributed by atoms with Crippen molar-refractivity contribution in [3.63, 3.8) is 0 Å². The van der Waals surface area contributed by atoms with Crippen molar-refractivity contribution in [2.75, 3.05) is 6.54 Å². The van der Waals surface area contributed by atoms with E-state index in [-0.39, 0.29) is 29.0 Å². The van der Waals surface area contributed by atoms with Gasteiger partial charge in [-0.25, -0.2) is 12.7 Å². The molecule has 3 amide bonds. The maximum atomic E-state index is 13.4. The normalized spacial score (nSPS) is 17.9. The molecule has 1 atom stereocenters. The van der Waals surface area contributed by atoms with Crippen LogP contribution in [0.2, 0.25) is 0 Å². The molecule has 0 spiro atoms. The number of fused-ring (bicyclic) bond motifs is 1. The average molecular weight is 484 g/mol. The summed E-state index contributed by atoms with van der Waals surface area (Å²) in [5.41, 5.74) is 1.91. The molecule has 8 nitrogen and oxygen atoms in total. The fourth-order valence-corrected chi connectivity index (χ4v) is 5.98. The molecule has 180 valence electrons. The molecule has 0 radical (unpaired) electrons. The molecule has 1 fully saturated rings. The topological polar surface area (TPSA) is 104 Å². The van der Waals surface area contributed by atoms with E-state index < -0.39 is 34.4 Å². The third-order valence-electron chi connectivity index (χ3n) is 6.53. The summed E-state index contributed by atoms with van der Waals surface area (Å²) in [5.74, 6) is -1.63. The van der Waals surface area contributed by atoms with Gasteiger partial charge in [0.15, 0.2) is 0 Å². The van der Waals surface area contributed by atoms with E-state index in [4.69, 9.17) is 0 Å². The van der Waals surface area contributed by atoms with Crippen LogP contribution in [0.1, 0.15) is 54.1 Å². The molecule has 2 aliphatic rings. The summed E-state index contributed by atoms with van der Waals surface area (Å²) in [5, 5.41) is 3.01. The van der Waals surface area contributed by atoms with Crippen molar-refractivity contribution in [3.05, 3.63) is 65.2 Å². The first-order valence-corrected chi connectivity index (χ1v) is 12.9.